The molecule has 0 atom stereocenters. The van der Waals surface area contributed by atoms with Crippen molar-refractivity contribution in [3.05, 3.63) is 78.1 Å². The summed E-state index contributed by atoms with van der Waals surface area (Å²) in [5.74, 6) is 0.458. The zero-order chi connectivity index (χ0) is 24.6. The van der Waals surface area contributed by atoms with Gasteiger partial charge in [-0.1, -0.05) is 30.3 Å². The summed E-state index contributed by atoms with van der Waals surface area (Å²) in [5.41, 5.74) is 6.65. The number of ketones is 1. The molecule has 0 bridgehead atoms. The van der Waals surface area contributed by atoms with E-state index in [2.05, 4.69) is 44.8 Å². The van der Waals surface area contributed by atoms with Crippen molar-refractivity contribution in [3.63, 3.8) is 0 Å². The van der Waals surface area contributed by atoms with Crippen molar-refractivity contribution in [2.45, 2.75) is 13.8 Å². The van der Waals surface area contributed by atoms with Crippen molar-refractivity contribution in [1.82, 2.24) is 24.7 Å². The molecule has 8 heteroatoms. The first-order chi connectivity index (χ1) is 17.6. The van der Waals surface area contributed by atoms with Gasteiger partial charge in [-0.3, -0.25) is 9.20 Å². The Kier molecular flexibility index (Phi) is 5.58. The minimum absolute atomic E-state index is 0.0311. The third kappa shape index (κ3) is 3.95. The van der Waals surface area contributed by atoms with E-state index in [9.17, 15) is 4.79 Å². The molecular weight excluding hydrogens is 450 g/mol. The maximum Gasteiger partial charge on any atom is 0.229 e. The Hall–Kier alpha value is -4.30. The summed E-state index contributed by atoms with van der Waals surface area (Å²) in [6, 6.07) is 18.3. The summed E-state index contributed by atoms with van der Waals surface area (Å²) in [6.07, 6.45) is 3.72. The third-order valence-electron chi connectivity index (χ3n) is 6.73. The zero-order valence-corrected chi connectivity index (χ0v) is 20.3. The summed E-state index contributed by atoms with van der Waals surface area (Å²) in [6.45, 7) is 7.53. The highest BCUT2D eigenvalue weighted by Crippen LogP contribution is 2.29. The number of carbonyl (C=O) groups excluding carboxylic acids is 1. The number of hydrogen-bond donors (Lipinski definition) is 2. The smallest absolute Gasteiger partial charge is 0.229 e. The number of fused-ring (bicyclic) bond motifs is 3. The number of Topliss-reactive ketones (excluding diaryl/α,β-unsaturated/α-hetero) is 1. The van der Waals surface area contributed by atoms with E-state index in [0.29, 0.717) is 22.8 Å². The fraction of sp³-hybridized carbons (Fsp3) is 0.214. The molecular formula is C28H27N7O. The van der Waals surface area contributed by atoms with Gasteiger partial charge in [-0.05, 0) is 43.7 Å². The van der Waals surface area contributed by atoms with Crippen molar-refractivity contribution >= 4 is 39.8 Å². The molecule has 1 aliphatic rings. The summed E-state index contributed by atoms with van der Waals surface area (Å²) in [7, 11) is 0. The molecule has 6 rings (SSSR count). The van der Waals surface area contributed by atoms with Crippen molar-refractivity contribution in [2.75, 3.05) is 36.4 Å². The first-order valence-electron chi connectivity index (χ1n) is 12.2. The first-order valence-corrected chi connectivity index (χ1v) is 12.2. The number of benzene rings is 2. The number of carbonyl (C=O) groups is 1. The minimum atomic E-state index is -0.0311. The van der Waals surface area contributed by atoms with Gasteiger partial charge in [-0.15, -0.1) is 0 Å². The lowest BCUT2D eigenvalue weighted by atomic mass is 10.0. The standard InChI is InChI=1S/C28H27N7O/c1-18-23-16-30-28(31-21-8-10-22(11-9-21)34-14-12-29-13-15-34)33-26(23)35-17-24(20-6-4-3-5-7-20)32-27(35)25(18)19(2)36/h3-11,16-17,29H,12-15H2,1-2H3,(H,30,31,33). The van der Waals surface area contributed by atoms with Crippen LogP contribution in [-0.4, -0.2) is 51.3 Å². The van der Waals surface area contributed by atoms with Gasteiger partial charge in [0.1, 0.15) is 5.65 Å². The fourth-order valence-electron chi connectivity index (χ4n) is 4.88. The maximum absolute atomic E-state index is 12.6. The molecule has 1 aliphatic heterocycles. The van der Waals surface area contributed by atoms with Crippen molar-refractivity contribution in [3.8, 4) is 11.3 Å². The predicted molar refractivity (Wildman–Crippen MR) is 143 cm³/mol. The Morgan fingerprint density at radius 3 is 2.44 bits per heavy atom. The molecule has 0 amide bonds. The van der Waals surface area contributed by atoms with Crippen LogP contribution in [0.25, 0.3) is 27.9 Å². The van der Waals surface area contributed by atoms with E-state index in [0.717, 1.165) is 54.1 Å². The lowest BCUT2D eigenvalue weighted by molar-refractivity contribution is 0.101. The third-order valence-corrected chi connectivity index (χ3v) is 6.73. The normalized spacial score (nSPS) is 13.9. The number of rotatable bonds is 5. The summed E-state index contributed by atoms with van der Waals surface area (Å²) < 4.78 is 1.90. The van der Waals surface area contributed by atoms with E-state index in [1.807, 2.05) is 47.9 Å². The SMILES string of the molecule is CC(=O)c1c(C)c2cnc(Nc3ccc(N4CCNCC4)cc3)nc2n2cc(-c3ccccc3)nc12. The summed E-state index contributed by atoms with van der Waals surface area (Å²) >= 11 is 0. The molecule has 0 radical (unpaired) electrons. The quantitative estimate of drug-likeness (QED) is 0.358. The zero-order valence-electron chi connectivity index (χ0n) is 20.3. The molecule has 4 heterocycles. The molecule has 0 unspecified atom stereocenters. The van der Waals surface area contributed by atoms with Gasteiger partial charge in [-0.25, -0.2) is 9.97 Å². The molecule has 2 N–H and O–H groups in total. The van der Waals surface area contributed by atoms with Crippen LogP contribution in [0.1, 0.15) is 22.8 Å². The van der Waals surface area contributed by atoms with Gasteiger partial charge in [0.05, 0.1) is 11.3 Å². The van der Waals surface area contributed by atoms with Crippen LogP contribution in [0, 0.1) is 6.92 Å². The monoisotopic (exact) mass is 477 g/mol. The second-order valence-corrected chi connectivity index (χ2v) is 9.08. The van der Waals surface area contributed by atoms with Crippen LogP contribution in [0.15, 0.2) is 67.0 Å². The Labute approximate surface area is 209 Å². The van der Waals surface area contributed by atoms with Crippen LogP contribution in [-0.2, 0) is 0 Å². The molecule has 1 saturated heterocycles. The van der Waals surface area contributed by atoms with E-state index >= 15 is 0 Å². The number of piperazine rings is 1. The number of pyridine rings is 1. The number of hydrogen-bond acceptors (Lipinski definition) is 7. The molecule has 2 aromatic carbocycles. The second kappa shape index (κ2) is 9.05. The van der Waals surface area contributed by atoms with Crippen LogP contribution in [0.2, 0.25) is 0 Å². The van der Waals surface area contributed by atoms with Gasteiger partial charge in [-0.2, -0.15) is 4.98 Å². The number of aromatic nitrogens is 4. The number of aryl methyl sites for hydroxylation is 1. The van der Waals surface area contributed by atoms with Crippen LogP contribution in [0.3, 0.4) is 0 Å². The predicted octanol–water partition coefficient (Wildman–Crippen LogP) is 4.61. The number of imidazole rings is 1. The Morgan fingerprint density at radius 1 is 0.972 bits per heavy atom. The van der Waals surface area contributed by atoms with Crippen LogP contribution in [0.4, 0.5) is 17.3 Å². The van der Waals surface area contributed by atoms with Gasteiger partial charge >= 0.3 is 0 Å². The second-order valence-electron chi connectivity index (χ2n) is 9.08. The highest BCUT2D eigenvalue weighted by molar-refractivity contribution is 6.06. The maximum atomic E-state index is 12.6. The molecule has 0 spiro atoms. The molecule has 36 heavy (non-hydrogen) atoms. The Balaban J connectivity index is 1.41. The van der Waals surface area contributed by atoms with Crippen molar-refractivity contribution < 1.29 is 4.79 Å². The Morgan fingerprint density at radius 2 is 1.72 bits per heavy atom. The van der Waals surface area contributed by atoms with E-state index in [4.69, 9.17) is 9.97 Å². The highest BCUT2D eigenvalue weighted by atomic mass is 16.1. The van der Waals surface area contributed by atoms with Gasteiger partial charge in [0.25, 0.3) is 0 Å². The number of anilines is 3. The molecule has 3 aromatic heterocycles. The van der Waals surface area contributed by atoms with Crippen LogP contribution >= 0.6 is 0 Å². The average molecular weight is 478 g/mol. The number of nitrogens with zero attached hydrogens (tertiary/aromatic N) is 5. The first kappa shape index (κ1) is 22.2. The largest absolute Gasteiger partial charge is 0.369 e. The van der Waals surface area contributed by atoms with Gasteiger partial charge < -0.3 is 15.5 Å². The molecule has 1 fully saturated rings. The lowest BCUT2D eigenvalue weighted by Crippen LogP contribution is -2.43. The Bertz CT molecular complexity index is 1570. The van der Waals surface area contributed by atoms with Crippen molar-refractivity contribution in [1.29, 1.82) is 0 Å². The van der Waals surface area contributed by atoms with Crippen molar-refractivity contribution in [2.24, 2.45) is 0 Å². The topological polar surface area (TPSA) is 87.5 Å². The minimum Gasteiger partial charge on any atom is -0.369 e. The van der Waals surface area contributed by atoms with Gasteiger partial charge in [0.2, 0.25) is 5.95 Å². The van der Waals surface area contributed by atoms with E-state index < -0.39 is 0 Å². The summed E-state index contributed by atoms with van der Waals surface area (Å²) in [4.78, 5) is 29.2. The lowest BCUT2D eigenvalue weighted by Gasteiger charge is -2.29. The van der Waals surface area contributed by atoms with Crippen LogP contribution < -0.4 is 15.5 Å². The average Bonchev–Trinajstić information content (AvgIpc) is 3.35. The highest BCUT2D eigenvalue weighted by Gasteiger charge is 2.20. The fourth-order valence-corrected chi connectivity index (χ4v) is 4.88. The molecule has 0 saturated carbocycles. The van der Waals surface area contributed by atoms with Crippen LogP contribution in [0.5, 0.6) is 0 Å². The van der Waals surface area contributed by atoms with Gasteiger partial charge in [0, 0.05) is 60.9 Å². The van der Waals surface area contributed by atoms with E-state index in [1.165, 1.54) is 5.69 Å². The molecule has 180 valence electrons. The van der Waals surface area contributed by atoms with E-state index in [1.54, 1.807) is 13.1 Å². The molecule has 0 aliphatic carbocycles. The molecule has 5 aromatic rings. The summed E-state index contributed by atoms with van der Waals surface area (Å²) in [5, 5.41) is 7.54. The van der Waals surface area contributed by atoms with Gasteiger partial charge in [0.15, 0.2) is 11.4 Å². The number of nitrogens with one attached hydrogen (secondary N) is 2. The van der Waals surface area contributed by atoms with E-state index in [-0.39, 0.29) is 5.78 Å². The molecule has 8 nitrogen and oxygen atoms in total.